The van der Waals surface area contributed by atoms with Crippen LogP contribution in [-0.4, -0.2) is 34.4 Å². The Hall–Kier alpha value is -1.95. The second-order valence-electron chi connectivity index (χ2n) is 6.90. The van der Waals surface area contributed by atoms with Crippen molar-refractivity contribution < 1.29 is 14.0 Å². The highest BCUT2D eigenvalue weighted by Crippen LogP contribution is 2.71. The lowest BCUT2D eigenvalue weighted by molar-refractivity contribution is -0.0960. The first-order chi connectivity index (χ1) is 11.3. The molecule has 2 aromatic heterocycles. The van der Waals surface area contributed by atoms with Crippen LogP contribution in [0, 0.1) is 5.92 Å². The maximum atomic E-state index is 6.10. The van der Waals surface area contributed by atoms with Gasteiger partial charge in [-0.15, -0.1) is 0 Å². The molecule has 0 amide bonds. The van der Waals surface area contributed by atoms with Gasteiger partial charge in [0.05, 0.1) is 36.8 Å². The van der Waals surface area contributed by atoms with Crippen LogP contribution in [0.3, 0.4) is 0 Å². The molecule has 1 aliphatic heterocycles. The monoisotopic (exact) mass is 313 g/mol. The molecule has 2 saturated carbocycles. The van der Waals surface area contributed by atoms with Crippen LogP contribution in [0.4, 0.5) is 0 Å². The van der Waals surface area contributed by atoms with E-state index in [1.165, 1.54) is 6.42 Å². The van der Waals surface area contributed by atoms with Crippen molar-refractivity contribution in [3.05, 3.63) is 35.6 Å². The van der Waals surface area contributed by atoms with E-state index in [0.29, 0.717) is 24.0 Å². The Morgan fingerprint density at radius 2 is 2.22 bits per heavy atom. The molecule has 0 bridgehead atoms. The van der Waals surface area contributed by atoms with Crippen LogP contribution in [0.1, 0.15) is 43.1 Å². The maximum Gasteiger partial charge on any atom is 0.236 e. The first kappa shape index (κ1) is 13.5. The largest absolute Gasteiger partial charge is 0.481 e. The summed E-state index contributed by atoms with van der Waals surface area (Å²) in [6.07, 6.45) is 5.17. The summed E-state index contributed by atoms with van der Waals surface area (Å²) in [5.74, 6) is 2.62. The molecule has 0 aromatic carbocycles. The first-order valence-corrected chi connectivity index (χ1v) is 8.23. The summed E-state index contributed by atoms with van der Waals surface area (Å²) in [5.41, 5.74) is 0.858. The highest BCUT2D eigenvalue weighted by Gasteiger charge is 2.77. The lowest BCUT2D eigenvalue weighted by atomic mass is 9.68. The van der Waals surface area contributed by atoms with Crippen molar-refractivity contribution in [2.24, 2.45) is 5.92 Å². The molecule has 0 unspecified atom stereocenters. The number of hydrogen-bond acceptors (Lipinski definition) is 6. The van der Waals surface area contributed by atoms with Gasteiger partial charge in [-0.1, -0.05) is 11.2 Å². The molecule has 23 heavy (non-hydrogen) atoms. The van der Waals surface area contributed by atoms with E-state index in [4.69, 9.17) is 19.0 Å². The number of aromatic nitrogens is 3. The van der Waals surface area contributed by atoms with E-state index in [9.17, 15) is 0 Å². The zero-order valence-corrected chi connectivity index (χ0v) is 13.1. The zero-order valence-electron chi connectivity index (χ0n) is 13.1. The number of hydrogen-bond donors (Lipinski definition) is 0. The van der Waals surface area contributed by atoms with Crippen LogP contribution in [-0.2, 0) is 16.6 Å². The summed E-state index contributed by atoms with van der Waals surface area (Å²) < 4.78 is 16.9. The lowest BCUT2D eigenvalue weighted by Crippen LogP contribution is -2.48. The Morgan fingerprint density at radius 3 is 2.96 bits per heavy atom. The fourth-order valence-corrected chi connectivity index (χ4v) is 4.36. The van der Waals surface area contributed by atoms with Gasteiger partial charge in [-0.3, -0.25) is 0 Å². The van der Waals surface area contributed by atoms with E-state index in [2.05, 4.69) is 10.1 Å². The van der Waals surface area contributed by atoms with Crippen LogP contribution >= 0.6 is 0 Å². The third-order valence-corrected chi connectivity index (χ3v) is 5.82. The van der Waals surface area contributed by atoms with Crippen molar-refractivity contribution >= 4 is 0 Å². The molecule has 120 valence electrons. The van der Waals surface area contributed by atoms with Crippen molar-refractivity contribution in [3.63, 3.8) is 0 Å². The average molecular weight is 313 g/mol. The fourth-order valence-electron chi connectivity index (χ4n) is 4.36. The minimum absolute atomic E-state index is 0.00168. The Balaban J connectivity index is 1.41. The van der Waals surface area contributed by atoms with Gasteiger partial charge in [-0.2, -0.15) is 4.98 Å². The molecule has 2 atom stereocenters. The minimum atomic E-state index is -0.0182. The van der Waals surface area contributed by atoms with Gasteiger partial charge in [0.25, 0.3) is 0 Å². The van der Waals surface area contributed by atoms with Crippen molar-refractivity contribution in [2.75, 3.05) is 13.7 Å². The fraction of sp³-hybridized carbons (Fsp3) is 0.588. The van der Waals surface area contributed by atoms with Gasteiger partial charge in [-0.05, 0) is 31.7 Å². The van der Waals surface area contributed by atoms with Gasteiger partial charge in [0.15, 0.2) is 5.82 Å². The SMILES string of the molecule is COc1cccc(Cc2noc([C@]34C[C@H]3COC43CCC3)n2)n1. The lowest BCUT2D eigenvalue weighted by Gasteiger charge is -2.43. The second kappa shape index (κ2) is 4.54. The molecule has 3 fully saturated rings. The van der Waals surface area contributed by atoms with Crippen LogP contribution in [0.15, 0.2) is 22.7 Å². The van der Waals surface area contributed by atoms with E-state index < -0.39 is 0 Å². The normalized spacial score (nSPS) is 30.0. The molecule has 1 saturated heterocycles. The predicted octanol–water partition coefficient (Wildman–Crippen LogP) is 2.27. The smallest absolute Gasteiger partial charge is 0.236 e. The molecule has 0 radical (unpaired) electrons. The molecule has 2 aliphatic carbocycles. The van der Waals surface area contributed by atoms with Crippen LogP contribution in [0.5, 0.6) is 5.88 Å². The molecule has 0 N–H and O–H groups in total. The summed E-state index contributed by atoms with van der Waals surface area (Å²) in [4.78, 5) is 9.10. The number of ether oxygens (including phenoxy) is 2. The van der Waals surface area contributed by atoms with E-state index in [-0.39, 0.29) is 11.0 Å². The van der Waals surface area contributed by atoms with E-state index >= 15 is 0 Å². The molecule has 3 heterocycles. The standard InChI is InChI=1S/C17H19N3O3/c1-21-14-5-2-4-12(18-14)8-13-19-15(23-20-13)17-9-11(17)10-22-16(17)6-3-7-16/h2,4-5,11H,3,6-10H2,1H3/t11-,17-/m0/s1. The number of rotatable bonds is 4. The summed E-state index contributed by atoms with van der Waals surface area (Å²) in [6.45, 7) is 0.842. The highest BCUT2D eigenvalue weighted by atomic mass is 16.5. The molecule has 3 aliphatic rings. The van der Waals surface area contributed by atoms with Crippen LogP contribution < -0.4 is 4.74 Å². The molecular weight excluding hydrogens is 294 g/mol. The van der Waals surface area contributed by atoms with Crippen molar-refractivity contribution in [2.45, 2.75) is 43.1 Å². The van der Waals surface area contributed by atoms with Crippen LogP contribution in [0.25, 0.3) is 0 Å². The van der Waals surface area contributed by atoms with Gasteiger partial charge < -0.3 is 14.0 Å². The number of methoxy groups -OCH3 is 1. The van der Waals surface area contributed by atoms with Gasteiger partial charge >= 0.3 is 0 Å². The quantitative estimate of drug-likeness (QED) is 0.862. The summed E-state index contributed by atoms with van der Waals surface area (Å²) in [5, 5.41) is 4.18. The van der Waals surface area contributed by atoms with Gasteiger partial charge in [0, 0.05) is 12.0 Å². The van der Waals surface area contributed by atoms with Crippen molar-refractivity contribution in [3.8, 4) is 5.88 Å². The molecule has 1 spiro atoms. The van der Waals surface area contributed by atoms with Gasteiger partial charge in [0.1, 0.15) is 0 Å². The summed E-state index contributed by atoms with van der Waals surface area (Å²) in [7, 11) is 1.61. The Kier molecular flexibility index (Phi) is 2.66. The second-order valence-corrected chi connectivity index (χ2v) is 6.90. The Bertz CT molecular complexity index is 755. The van der Waals surface area contributed by atoms with E-state index in [1.54, 1.807) is 7.11 Å². The minimum Gasteiger partial charge on any atom is -0.481 e. The van der Waals surface area contributed by atoms with Crippen molar-refractivity contribution in [1.29, 1.82) is 0 Å². The molecule has 5 rings (SSSR count). The predicted molar refractivity (Wildman–Crippen MR) is 80.2 cm³/mol. The first-order valence-electron chi connectivity index (χ1n) is 8.23. The summed E-state index contributed by atoms with van der Waals surface area (Å²) >= 11 is 0. The maximum absolute atomic E-state index is 6.10. The van der Waals surface area contributed by atoms with Crippen molar-refractivity contribution in [1.82, 2.24) is 15.1 Å². The van der Waals surface area contributed by atoms with E-state index in [0.717, 1.165) is 37.5 Å². The van der Waals surface area contributed by atoms with Gasteiger partial charge in [0.2, 0.25) is 11.8 Å². The van der Waals surface area contributed by atoms with Gasteiger partial charge in [-0.25, -0.2) is 4.98 Å². The summed E-state index contributed by atoms with van der Waals surface area (Å²) in [6, 6.07) is 5.70. The molecular formula is C17H19N3O3. The zero-order chi connectivity index (χ0) is 15.5. The average Bonchev–Trinajstić information content (AvgIpc) is 2.92. The number of pyridine rings is 1. The topological polar surface area (TPSA) is 70.3 Å². The number of fused-ring (bicyclic) bond motifs is 2. The molecule has 6 nitrogen and oxygen atoms in total. The molecule has 2 aromatic rings. The Morgan fingerprint density at radius 1 is 1.30 bits per heavy atom. The number of nitrogens with zero attached hydrogens (tertiary/aromatic N) is 3. The third-order valence-electron chi connectivity index (χ3n) is 5.82. The molecule has 6 heteroatoms. The highest BCUT2D eigenvalue weighted by molar-refractivity contribution is 5.34. The van der Waals surface area contributed by atoms with E-state index in [1.807, 2.05) is 18.2 Å². The third kappa shape index (κ3) is 1.75. The van der Waals surface area contributed by atoms with Crippen LogP contribution in [0.2, 0.25) is 0 Å². The Labute approximate surface area is 134 Å².